The zero-order chi connectivity index (χ0) is 14.8. The van der Waals surface area contributed by atoms with E-state index in [1.165, 1.54) is 23.7 Å². The molecule has 2 aromatic heterocycles. The van der Waals surface area contributed by atoms with Crippen LogP contribution in [0.4, 0.5) is 14.5 Å². The van der Waals surface area contributed by atoms with Gasteiger partial charge in [-0.05, 0) is 24.3 Å². The quantitative estimate of drug-likeness (QED) is 0.797. The van der Waals surface area contributed by atoms with Gasteiger partial charge in [0.05, 0.1) is 6.26 Å². The van der Waals surface area contributed by atoms with Crippen LogP contribution >= 0.6 is 11.3 Å². The van der Waals surface area contributed by atoms with Crippen LogP contribution in [0, 0.1) is 11.6 Å². The van der Waals surface area contributed by atoms with Gasteiger partial charge in [-0.15, -0.1) is 11.3 Å². The van der Waals surface area contributed by atoms with Gasteiger partial charge < -0.3 is 9.73 Å². The minimum Gasteiger partial charge on any atom is -0.462 e. The number of carbonyl (C=O) groups excluding carboxylic acids is 1. The standard InChI is InChI=1S/C14H8F2N2O2S/c15-9-4-3-8(6-10(9)16)17-13(19)11-7-21-14(18-11)12-2-1-5-20-12/h1-7H,(H,17,19). The molecule has 1 amide bonds. The Bertz CT molecular complexity index is 784. The molecule has 3 rings (SSSR count). The van der Waals surface area contributed by atoms with Crippen molar-refractivity contribution in [3.63, 3.8) is 0 Å². The van der Waals surface area contributed by atoms with Gasteiger partial charge >= 0.3 is 0 Å². The van der Waals surface area contributed by atoms with Crippen LogP contribution in [-0.4, -0.2) is 10.9 Å². The van der Waals surface area contributed by atoms with Gasteiger partial charge in [-0.3, -0.25) is 4.79 Å². The lowest BCUT2D eigenvalue weighted by atomic mass is 10.3. The fourth-order valence-electron chi connectivity index (χ4n) is 1.66. The average Bonchev–Trinajstić information content (AvgIpc) is 3.12. The van der Waals surface area contributed by atoms with Gasteiger partial charge in [0.25, 0.3) is 5.91 Å². The summed E-state index contributed by atoms with van der Waals surface area (Å²) < 4.78 is 31.1. The SMILES string of the molecule is O=C(Nc1ccc(F)c(F)c1)c1csc(-c2ccco2)n1. The molecule has 2 heterocycles. The number of benzene rings is 1. The summed E-state index contributed by atoms with van der Waals surface area (Å²) in [5.41, 5.74) is 0.336. The molecule has 0 aliphatic heterocycles. The molecule has 0 unspecified atom stereocenters. The molecule has 7 heteroatoms. The minimum absolute atomic E-state index is 0.159. The summed E-state index contributed by atoms with van der Waals surface area (Å²) in [5, 5.41) is 4.58. The van der Waals surface area contributed by atoms with Gasteiger partial charge in [-0.2, -0.15) is 0 Å². The van der Waals surface area contributed by atoms with Crippen molar-refractivity contribution in [1.82, 2.24) is 4.98 Å². The van der Waals surface area contributed by atoms with E-state index in [9.17, 15) is 13.6 Å². The minimum atomic E-state index is -1.03. The maximum absolute atomic E-state index is 13.1. The summed E-state index contributed by atoms with van der Waals surface area (Å²) >= 11 is 1.25. The van der Waals surface area contributed by atoms with Crippen LogP contribution in [0.15, 0.2) is 46.4 Å². The first-order chi connectivity index (χ1) is 10.1. The molecule has 0 radical (unpaired) electrons. The number of halogens is 2. The van der Waals surface area contributed by atoms with E-state index in [1.54, 1.807) is 17.5 Å². The molecular weight excluding hydrogens is 298 g/mol. The fourth-order valence-corrected chi connectivity index (χ4v) is 2.43. The summed E-state index contributed by atoms with van der Waals surface area (Å²) in [6.45, 7) is 0. The highest BCUT2D eigenvalue weighted by atomic mass is 32.1. The van der Waals surface area contributed by atoms with Crippen LogP contribution in [0.25, 0.3) is 10.8 Å². The number of carbonyl (C=O) groups is 1. The van der Waals surface area contributed by atoms with Crippen molar-refractivity contribution < 1.29 is 18.0 Å². The normalized spacial score (nSPS) is 10.6. The second-order valence-corrected chi connectivity index (χ2v) is 4.96. The predicted octanol–water partition coefficient (Wildman–Crippen LogP) is 3.93. The highest BCUT2D eigenvalue weighted by Crippen LogP contribution is 2.24. The van der Waals surface area contributed by atoms with Gasteiger partial charge in [-0.1, -0.05) is 0 Å². The molecule has 0 bridgehead atoms. The van der Waals surface area contributed by atoms with Crippen molar-refractivity contribution in [2.24, 2.45) is 0 Å². The zero-order valence-corrected chi connectivity index (χ0v) is 11.3. The summed E-state index contributed by atoms with van der Waals surface area (Å²) in [5.74, 6) is -1.94. The molecule has 21 heavy (non-hydrogen) atoms. The Hall–Kier alpha value is -2.54. The van der Waals surface area contributed by atoms with E-state index < -0.39 is 17.5 Å². The molecule has 4 nitrogen and oxygen atoms in total. The van der Waals surface area contributed by atoms with Crippen molar-refractivity contribution in [3.8, 4) is 10.8 Å². The number of hydrogen-bond acceptors (Lipinski definition) is 4. The lowest BCUT2D eigenvalue weighted by molar-refractivity contribution is 0.102. The van der Waals surface area contributed by atoms with E-state index in [0.29, 0.717) is 10.8 Å². The van der Waals surface area contributed by atoms with E-state index in [-0.39, 0.29) is 11.4 Å². The monoisotopic (exact) mass is 306 g/mol. The van der Waals surface area contributed by atoms with Crippen LogP contribution < -0.4 is 5.32 Å². The molecule has 0 spiro atoms. The summed E-state index contributed by atoms with van der Waals surface area (Å²) in [6.07, 6.45) is 1.51. The van der Waals surface area contributed by atoms with Crippen LogP contribution in [0.5, 0.6) is 0 Å². The van der Waals surface area contributed by atoms with Gasteiger partial charge in [0.2, 0.25) is 0 Å². The highest BCUT2D eigenvalue weighted by molar-refractivity contribution is 7.13. The average molecular weight is 306 g/mol. The van der Waals surface area contributed by atoms with Crippen LogP contribution in [0.3, 0.4) is 0 Å². The second-order valence-electron chi connectivity index (χ2n) is 4.10. The Balaban J connectivity index is 1.78. The number of rotatable bonds is 3. The Morgan fingerprint density at radius 1 is 1.24 bits per heavy atom. The maximum Gasteiger partial charge on any atom is 0.275 e. The molecule has 1 N–H and O–H groups in total. The number of furan rings is 1. The van der Waals surface area contributed by atoms with Gasteiger partial charge in [0.1, 0.15) is 5.69 Å². The molecule has 0 aliphatic carbocycles. The van der Waals surface area contributed by atoms with E-state index in [0.717, 1.165) is 12.1 Å². The summed E-state index contributed by atoms with van der Waals surface area (Å²) in [7, 11) is 0. The molecule has 106 valence electrons. The van der Waals surface area contributed by atoms with Gasteiger partial charge in [0, 0.05) is 17.1 Å². The topological polar surface area (TPSA) is 55.1 Å². The molecular formula is C14H8F2N2O2S. The third-order valence-corrected chi connectivity index (χ3v) is 3.50. The summed E-state index contributed by atoms with van der Waals surface area (Å²) in [4.78, 5) is 16.1. The van der Waals surface area contributed by atoms with Crippen molar-refractivity contribution in [1.29, 1.82) is 0 Å². The third kappa shape index (κ3) is 2.82. The first kappa shape index (κ1) is 13.4. The van der Waals surface area contributed by atoms with Crippen molar-refractivity contribution in [2.75, 3.05) is 5.32 Å². The molecule has 0 saturated carbocycles. The molecule has 3 aromatic rings. The molecule has 0 aliphatic rings. The van der Waals surface area contributed by atoms with Crippen molar-refractivity contribution in [3.05, 3.63) is 59.3 Å². The van der Waals surface area contributed by atoms with E-state index in [2.05, 4.69) is 10.3 Å². The first-order valence-corrected chi connectivity index (χ1v) is 6.77. The van der Waals surface area contributed by atoms with Crippen LogP contribution in [0.1, 0.15) is 10.5 Å². The van der Waals surface area contributed by atoms with E-state index >= 15 is 0 Å². The number of anilines is 1. The Kier molecular flexibility index (Phi) is 3.49. The Labute approximate surface area is 122 Å². The summed E-state index contributed by atoms with van der Waals surface area (Å²) in [6, 6.07) is 6.58. The fraction of sp³-hybridized carbons (Fsp3) is 0. The number of thiazole rings is 1. The number of nitrogens with zero attached hydrogens (tertiary/aromatic N) is 1. The van der Waals surface area contributed by atoms with Crippen molar-refractivity contribution >= 4 is 22.9 Å². The Morgan fingerprint density at radius 2 is 2.10 bits per heavy atom. The molecule has 0 saturated heterocycles. The molecule has 0 atom stereocenters. The largest absolute Gasteiger partial charge is 0.462 e. The second kappa shape index (κ2) is 5.45. The number of nitrogens with one attached hydrogen (secondary N) is 1. The number of hydrogen-bond donors (Lipinski definition) is 1. The van der Waals surface area contributed by atoms with Crippen LogP contribution in [0.2, 0.25) is 0 Å². The number of amides is 1. The van der Waals surface area contributed by atoms with E-state index in [1.807, 2.05) is 0 Å². The lowest BCUT2D eigenvalue weighted by Crippen LogP contribution is -2.12. The maximum atomic E-state index is 13.1. The number of aromatic nitrogens is 1. The Morgan fingerprint density at radius 3 is 2.81 bits per heavy atom. The highest BCUT2D eigenvalue weighted by Gasteiger charge is 2.14. The molecule has 1 aromatic carbocycles. The molecule has 0 fully saturated rings. The lowest BCUT2D eigenvalue weighted by Gasteiger charge is -2.03. The first-order valence-electron chi connectivity index (χ1n) is 5.89. The van der Waals surface area contributed by atoms with E-state index in [4.69, 9.17) is 4.42 Å². The smallest absolute Gasteiger partial charge is 0.275 e. The van der Waals surface area contributed by atoms with Gasteiger partial charge in [-0.25, -0.2) is 13.8 Å². The third-order valence-electron chi connectivity index (χ3n) is 2.65. The van der Waals surface area contributed by atoms with Crippen LogP contribution in [-0.2, 0) is 0 Å². The predicted molar refractivity (Wildman–Crippen MR) is 74.1 cm³/mol. The van der Waals surface area contributed by atoms with Crippen molar-refractivity contribution in [2.45, 2.75) is 0 Å². The van der Waals surface area contributed by atoms with Gasteiger partial charge in [0.15, 0.2) is 22.4 Å². The zero-order valence-electron chi connectivity index (χ0n) is 10.5.